The molecule has 0 unspecified atom stereocenters. The van der Waals surface area contributed by atoms with E-state index in [9.17, 15) is 58.5 Å². The van der Waals surface area contributed by atoms with Crippen molar-refractivity contribution in [3.05, 3.63) is 83.9 Å². The Morgan fingerprint density at radius 1 is 0.724 bits per heavy atom. The number of hydrogen-bond donors (Lipinski definition) is 13. The molecule has 1 aliphatic rings. The lowest BCUT2D eigenvalue weighted by atomic mass is 9.95. The van der Waals surface area contributed by atoms with E-state index in [1.807, 2.05) is 0 Å². The maximum Gasteiger partial charge on any atom is 0.326 e. The fourth-order valence-electron chi connectivity index (χ4n) is 8.48. The van der Waals surface area contributed by atoms with E-state index in [0.29, 0.717) is 36.1 Å². The number of nitrogens with zero attached hydrogens (tertiary/aromatic N) is 3. The van der Waals surface area contributed by atoms with Gasteiger partial charge in [0.2, 0.25) is 41.4 Å². The molecule has 3 aromatic rings. The van der Waals surface area contributed by atoms with Crippen LogP contribution in [0.15, 0.2) is 72.1 Å². The van der Waals surface area contributed by atoms with Crippen molar-refractivity contribution in [3.8, 4) is 5.75 Å². The quantitative estimate of drug-likeness (QED) is 0.0218. The molecule has 0 saturated carbocycles. The highest BCUT2D eigenvalue weighted by molar-refractivity contribution is 5.98. The summed E-state index contributed by atoms with van der Waals surface area (Å²) in [7, 11) is 0. The number of aliphatic imine (C=N–C) groups is 1. The number of aliphatic carboxylic acids is 2. The number of hydrogen-bond acceptors (Lipinski definition) is 13. The van der Waals surface area contributed by atoms with Gasteiger partial charge in [0.05, 0.1) is 18.8 Å². The Labute approximate surface area is 440 Å². The smallest absolute Gasteiger partial charge is 0.326 e. The molecule has 1 aliphatic heterocycles. The zero-order valence-electron chi connectivity index (χ0n) is 43.2. The monoisotopic (exact) mass is 1060 g/mol. The molecule has 0 radical (unpaired) electrons. The molecule has 25 nitrogen and oxygen atoms in total. The molecule has 0 aliphatic carbocycles. The molecule has 4 rings (SSSR count). The van der Waals surface area contributed by atoms with E-state index in [1.54, 1.807) is 58.0 Å². The minimum atomic E-state index is -1.51. The van der Waals surface area contributed by atoms with Crippen molar-refractivity contribution in [1.29, 1.82) is 0 Å². The first-order chi connectivity index (χ1) is 36.1. The SMILES string of the molecule is CC[C@H](C)[C@H](NC(=O)[C@H](CCCN=C(N)N)NC(=O)[C@@H](N)CC(=O)O)C(=O)N[C@@H](Cc1ccc(O)cc1)C(=O)N[C@H](C(=O)N[C@@H](Cc1cnc[nH]1)C(=O)N1CCC[C@H]1C(=O)N[C@@H](Cc1ccccc1)C(=O)O)[C@@H](C)CC. The third kappa shape index (κ3) is 18.7. The summed E-state index contributed by atoms with van der Waals surface area (Å²) in [5.74, 6) is -9.55. The zero-order chi connectivity index (χ0) is 56.1. The van der Waals surface area contributed by atoms with Crippen molar-refractivity contribution in [2.24, 2.45) is 34.0 Å². The van der Waals surface area contributed by atoms with Crippen LogP contribution in [0.4, 0.5) is 0 Å². The summed E-state index contributed by atoms with van der Waals surface area (Å²) in [6.45, 7) is 7.11. The largest absolute Gasteiger partial charge is 0.508 e. The van der Waals surface area contributed by atoms with Crippen molar-refractivity contribution in [1.82, 2.24) is 46.8 Å². The number of phenols is 1. The number of nitrogens with two attached hydrogens (primary N) is 3. The van der Waals surface area contributed by atoms with Gasteiger partial charge in [0.1, 0.15) is 48.0 Å². The maximum absolute atomic E-state index is 14.6. The summed E-state index contributed by atoms with van der Waals surface area (Å²) in [5.41, 5.74) is 18.3. The maximum atomic E-state index is 14.6. The summed E-state index contributed by atoms with van der Waals surface area (Å²) in [6, 6.07) is 3.99. The van der Waals surface area contributed by atoms with E-state index in [2.05, 4.69) is 46.9 Å². The summed E-state index contributed by atoms with van der Waals surface area (Å²) in [6.07, 6.45) is 3.27. The Bertz CT molecular complexity index is 2470. The number of aromatic amines is 1. The van der Waals surface area contributed by atoms with Gasteiger partial charge in [0, 0.05) is 44.2 Å². The predicted octanol–water partition coefficient (Wildman–Crippen LogP) is -0.925. The van der Waals surface area contributed by atoms with Gasteiger partial charge in [-0.25, -0.2) is 9.78 Å². The molecule has 2 heterocycles. The second-order valence-corrected chi connectivity index (χ2v) is 19.0. The number of carbonyl (C=O) groups is 9. The molecule has 1 fully saturated rings. The van der Waals surface area contributed by atoms with E-state index in [1.165, 1.54) is 41.7 Å². The lowest BCUT2D eigenvalue weighted by Crippen LogP contribution is -2.62. The number of likely N-dealkylation sites (tertiary alicyclic amines) is 1. The number of benzene rings is 2. The highest BCUT2D eigenvalue weighted by Crippen LogP contribution is 2.21. The first-order valence-corrected chi connectivity index (χ1v) is 25.3. The number of carboxylic acid groups (broad SMARTS) is 2. The molecule has 0 bridgehead atoms. The molecule has 2 aromatic carbocycles. The van der Waals surface area contributed by atoms with Crippen LogP contribution in [0.25, 0.3) is 0 Å². The van der Waals surface area contributed by atoms with Crippen LogP contribution in [0.3, 0.4) is 0 Å². The Morgan fingerprint density at radius 3 is 1.84 bits per heavy atom. The second-order valence-electron chi connectivity index (χ2n) is 19.0. The number of nitrogens with one attached hydrogen (secondary N) is 7. The number of amides is 7. The number of phenolic OH excluding ortho intramolecular Hbond substituents is 1. The van der Waals surface area contributed by atoms with Crippen molar-refractivity contribution in [2.45, 2.75) is 140 Å². The number of rotatable bonds is 30. The molecule has 7 amide bonds. The van der Waals surface area contributed by atoms with Crippen LogP contribution >= 0.6 is 0 Å². The Kier molecular flexibility index (Phi) is 23.6. The van der Waals surface area contributed by atoms with Gasteiger partial charge in [-0.05, 0) is 60.8 Å². The number of H-pyrrole nitrogens is 1. The summed E-state index contributed by atoms with van der Waals surface area (Å²) in [4.78, 5) is 135. The van der Waals surface area contributed by atoms with Crippen LogP contribution in [0.2, 0.25) is 0 Å². The van der Waals surface area contributed by atoms with E-state index in [0.717, 1.165) is 0 Å². The van der Waals surface area contributed by atoms with Crippen molar-refractivity contribution >= 4 is 59.2 Å². The number of aromatic hydroxyl groups is 1. The van der Waals surface area contributed by atoms with Crippen molar-refractivity contribution in [2.75, 3.05) is 13.1 Å². The lowest BCUT2D eigenvalue weighted by Gasteiger charge is -2.32. The Hall–Kier alpha value is -8.09. The Balaban J connectivity index is 1.61. The van der Waals surface area contributed by atoms with Crippen molar-refractivity contribution < 1.29 is 58.5 Å². The first kappa shape index (κ1) is 60.5. The van der Waals surface area contributed by atoms with E-state index in [-0.39, 0.29) is 63.3 Å². The Morgan fingerprint density at radius 2 is 1.29 bits per heavy atom. The number of carbonyl (C=O) groups excluding carboxylic acids is 7. The van der Waals surface area contributed by atoms with Gasteiger partial charge in [-0.15, -0.1) is 0 Å². The molecule has 1 saturated heterocycles. The van der Waals surface area contributed by atoms with Gasteiger partial charge in [-0.3, -0.25) is 43.3 Å². The summed E-state index contributed by atoms with van der Waals surface area (Å²) >= 11 is 0. The van der Waals surface area contributed by atoms with Crippen LogP contribution in [-0.2, 0) is 62.4 Å². The second kappa shape index (κ2) is 29.7. The average molecular weight is 1060 g/mol. The molecule has 414 valence electrons. The standard InChI is InChI=1S/C51H73N13O12/c1-5-28(3)41(62-44(69)35(14-10-20-56-51(53)54)58-43(68)34(52)25-40(66)67)47(72)59-36(22-31-16-18-33(65)19-17-31)45(70)63-42(29(4)6-2)48(73)60-37(24-32-26-55-27-57-32)49(74)64-21-11-15-39(64)46(71)61-38(50(75)76)23-30-12-8-7-9-13-30/h7-9,12-13,16-19,26-29,34-39,41-42,65H,5-6,10-11,14-15,20-25,52H2,1-4H3,(H,55,57)(H,58,68)(H,59,72)(H,60,73)(H,61,71)(H,62,69)(H,63,70)(H,66,67)(H,75,76)(H4,53,54,56)/t28-,29-,34-,35-,36-,37-,38-,39-,41-,42-/m0/s1. The minimum absolute atomic E-state index is 0.00197. The summed E-state index contributed by atoms with van der Waals surface area (Å²) in [5, 5.41) is 45.3. The topological polar surface area (TPSA) is 409 Å². The molecule has 76 heavy (non-hydrogen) atoms. The number of guanidine groups is 1. The molecule has 25 heteroatoms. The van der Waals surface area contributed by atoms with Crippen LogP contribution in [0.1, 0.15) is 89.5 Å². The van der Waals surface area contributed by atoms with E-state index in [4.69, 9.17) is 17.2 Å². The van der Waals surface area contributed by atoms with Crippen LogP contribution < -0.4 is 49.1 Å². The highest BCUT2D eigenvalue weighted by atomic mass is 16.4. The molecule has 1 aromatic heterocycles. The number of carboxylic acids is 2. The van der Waals surface area contributed by atoms with E-state index < -0.39 is 120 Å². The summed E-state index contributed by atoms with van der Waals surface area (Å²) < 4.78 is 0. The number of aromatic nitrogens is 2. The molecule has 16 N–H and O–H groups in total. The molecular formula is C51H73N13O12. The zero-order valence-corrected chi connectivity index (χ0v) is 43.2. The van der Waals surface area contributed by atoms with Gasteiger partial charge >= 0.3 is 11.9 Å². The van der Waals surface area contributed by atoms with E-state index >= 15 is 0 Å². The van der Waals surface area contributed by atoms with Crippen molar-refractivity contribution in [3.63, 3.8) is 0 Å². The minimum Gasteiger partial charge on any atom is -0.508 e. The highest BCUT2D eigenvalue weighted by Gasteiger charge is 2.41. The fourth-order valence-corrected chi connectivity index (χ4v) is 8.48. The first-order valence-electron chi connectivity index (χ1n) is 25.3. The van der Waals surface area contributed by atoms with Gasteiger partial charge in [-0.1, -0.05) is 83.0 Å². The molecule has 10 atom stereocenters. The van der Waals surface area contributed by atoms with Crippen LogP contribution in [0.5, 0.6) is 5.75 Å². The molecule has 0 spiro atoms. The van der Waals surface area contributed by atoms with Gasteiger partial charge in [0.15, 0.2) is 5.96 Å². The average Bonchev–Trinajstić information content (AvgIpc) is 4.11. The number of imidazole rings is 1. The van der Waals surface area contributed by atoms with Crippen LogP contribution in [-0.4, -0.2) is 151 Å². The normalized spacial score (nSPS) is 16.6. The van der Waals surface area contributed by atoms with Crippen LogP contribution in [0, 0.1) is 11.8 Å². The van der Waals surface area contributed by atoms with Gasteiger partial charge in [-0.2, -0.15) is 0 Å². The fraction of sp³-hybridized carbons (Fsp3) is 0.510. The lowest BCUT2D eigenvalue weighted by molar-refractivity contribution is -0.145. The van der Waals surface area contributed by atoms with Gasteiger partial charge < -0.3 is 74.3 Å². The predicted molar refractivity (Wildman–Crippen MR) is 277 cm³/mol. The molecular weight excluding hydrogens is 987 g/mol. The van der Waals surface area contributed by atoms with Gasteiger partial charge in [0.25, 0.3) is 0 Å². The third-order valence-electron chi connectivity index (χ3n) is 13.2. The third-order valence-corrected chi connectivity index (χ3v) is 13.2.